The van der Waals surface area contributed by atoms with Gasteiger partial charge in [-0.1, -0.05) is 12.1 Å². The highest BCUT2D eigenvalue weighted by molar-refractivity contribution is 5.74. The Morgan fingerprint density at radius 1 is 1.20 bits per heavy atom. The van der Waals surface area contributed by atoms with Crippen molar-refractivity contribution in [1.82, 2.24) is 0 Å². The van der Waals surface area contributed by atoms with Crippen LogP contribution in [0.4, 0.5) is 17.6 Å². The first-order chi connectivity index (χ1) is 6.96. The Balaban J connectivity index is 3.23. The molecule has 1 nitrogen and oxygen atoms in total. The molecule has 0 radical (unpaired) electrons. The van der Waals surface area contributed by atoms with E-state index in [1.165, 1.54) is 0 Å². The van der Waals surface area contributed by atoms with Crippen molar-refractivity contribution in [2.45, 2.75) is 6.18 Å². The van der Waals surface area contributed by atoms with Gasteiger partial charge >= 0.3 is 6.18 Å². The Hall–Kier alpha value is -1.65. The molecule has 0 amide bonds. The number of hydrogen-bond donors (Lipinski definition) is 0. The fourth-order valence-corrected chi connectivity index (χ4v) is 1.04. The second-order valence-electron chi connectivity index (χ2n) is 2.70. The van der Waals surface area contributed by atoms with Gasteiger partial charge in [-0.2, -0.15) is 13.2 Å². The van der Waals surface area contributed by atoms with Crippen molar-refractivity contribution in [3.05, 3.63) is 41.2 Å². The molecule has 1 aromatic rings. The Bertz CT molecular complexity index is 393. The average molecular weight is 218 g/mol. The molecule has 1 rings (SSSR count). The van der Waals surface area contributed by atoms with Crippen LogP contribution in [0.25, 0.3) is 6.08 Å². The summed E-state index contributed by atoms with van der Waals surface area (Å²) >= 11 is 0. The van der Waals surface area contributed by atoms with Gasteiger partial charge in [0.15, 0.2) is 0 Å². The fourth-order valence-electron chi connectivity index (χ4n) is 1.04. The molecule has 0 aliphatic carbocycles. The molecule has 0 saturated carbocycles. The zero-order valence-corrected chi connectivity index (χ0v) is 7.38. The highest BCUT2D eigenvalue weighted by atomic mass is 19.4. The number of hydrogen-bond acceptors (Lipinski definition) is 1. The summed E-state index contributed by atoms with van der Waals surface area (Å²) in [5.41, 5.74) is -1.60. The first kappa shape index (κ1) is 11.4. The van der Waals surface area contributed by atoms with E-state index in [9.17, 15) is 22.4 Å². The molecule has 0 N–H and O–H groups in total. The number of halogens is 4. The van der Waals surface area contributed by atoms with Crippen molar-refractivity contribution in [2.75, 3.05) is 0 Å². The highest BCUT2D eigenvalue weighted by Crippen LogP contribution is 2.32. The zero-order valence-electron chi connectivity index (χ0n) is 7.38. The number of allylic oxidation sites excluding steroid dienone is 1. The van der Waals surface area contributed by atoms with Crippen molar-refractivity contribution in [3.8, 4) is 0 Å². The summed E-state index contributed by atoms with van der Waals surface area (Å²) < 4.78 is 49.9. The average Bonchev–Trinajstić information content (AvgIpc) is 2.14. The van der Waals surface area contributed by atoms with Crippen LogP contribution in [0.5, 0.6) is 0 Å². The molecule has 5 heteroatoms. The summed E-state index contributed by atoms with van der Waals surface area (Å²) in [6.45, 7) is 0. The van der Waals surface area contributed by atoms with Crippen molar-refractivity contribution < 1.29 is 22.4 Å². The van der Waals surface area contributed by atoms with E-state index in [1.807, 2.05) is 0 Å². The first-order valence-electron chi connectivity index (χ1n) is 3.94. The topological polar surface area (TPSA) is 17.1 Å². The molecule has 0 spiro atoms. The van der Waals surface area contributed by atoms with Gasteiger partial charge < -0.3 is 0 Å². The lowest BCUT2D eigenvalue weighted by Crippen LogP contribution is -2.08. The van der Waals surface area contributed by atoms with E-state index in [2.05, 4.69) is 0 Å². The van der Waals surface area contributed by atoms with E-state index in [0.29, 0.717) is 12.4 Å². The Morgan fingerprint density at radius 3 is 2.40 bits per heavy atom. The normalized spacial score (nSPS) is 12.0. The van der Waals surface area contributed by atoms with Gasteiger partial charge in [-0.15, -0.1) is 0 Å². The number of aldehydes is 1. The maximum atomic E-state index is 13.2. The van der Waals surface area contributed by atoms with Crippen LogP contribution < -0.4 is 0 Å². The maximum absolute atomic E-state index is 13.2. The second kappa shape index (κ2) is 4.25. The van der Waals surface area contributed by atoms with Crippen molar-refractivity contribution in [2.24, 2.45) is 0 Å². The minimum absolute atomic E-state index is 0.267. The lowest BCUT2D eigenvalue weighted by atomic mass is 10.1. The van der Waals surface area contributed by atoms with E-state index in [1.54, 1.807) is 0 Å². The largest absolute Gasteiger partial charge is 0.419 e. The van der Waals surface area contributed by atoms with Gasteiger partial charge in [-0.25, -0.2) is 4.39 Å². The lowest BCUT2D eigenvalue weighted by Gasteiger charge is -2.08. The van der Waals surface area contributed by atoms with Crippen molar-refractivity contribution >= 4 is 12.4 Å². The molecule has 0 heterocycles. The number of benzene rings is 1. The Labute approximate surface area is 83.0 Å². The number of carbonyl (C=O) groups excluding carboxylic acids is 1. The summed E-state index contributed by atoms with van der Waals surface area (Å²) in [7, 11) is 0. The quantitative estimate of drug-likeness (QED) is 0.423. The molecule has 0 aromatic heterocycles. The smallest absolute Gasteiger partial charge is 0.299 e. The van der Waals surface area contributed by atoms with Crippen LogP contribution in [0.3, 0.4) is 0 Å². The third kappa shape index (κ3) is 2.65. The number of rotatable bonds is 2. The molecule has 0 bridgehead atoms. The molecule has 1 aromatic carbocycles. The second-order valence-corrected chi connectivity index (χ2v) is 2.70. The molecule has 80 valence electrons. The summed E-state index contributed by atoms with van der Waals surface area (Å²) in [6, 6.07) is 2.88. The predicted octanol–water partition coefficient (Wildman–Crippen LogP) is 3.06. The molecule has 0 aliphatic rings. The first-order valence-corrected chi connectivity index (χ1v) is 3.94. The Morgan fingerprint density at radius 2 is 1.87 bits per heavy atom. The van der Waals surface area contributed by atoms with Crippen LogP contribution in [0.15, 0.2) is 24.3 Å². The van der Waals surface area contributed by atoms with Gasteiger partial charge in [0, 0.05) is 5.56 Å². The van der Waals surface area contributed by atoms with Crippen LogP contribution in [0.1, 0.15) is 11.1 Å². The summed E-state index contributed by atoms with van der Waals surface area (Å²) in [5, 5.41) is 0. The number of carbonyl (C=O) groups is 1. The fraction of sp³-hybridized carbons (Fsp3) is 0.100. The SMILES string of the molecule is O=C/C=C/c1cccc(C(F)(F)F)c1F. The predicted molar refractivity (Wildman–Crippen MR) is 46.5 cm³/mol. The highest BCUT2D eigenvalue weighted by Gasteiger charge is 2.34. The van der Waals surface area contributed by atoms with Gasteiger partial charge in [0.05, 0.1) is 5.56 Å². The monoisotopic (exact) mass is 218 g/mol. The summed E-state index contributed by atoms with van der Waals surface area (Å²) in [6.07, 6.45) is -2.45. The van der Waals surface area contributed by atoms with E-state index in [4.69, 9.17) is 0 Å². The standard InChI is InChI=1S/C10H6F4O/c11-9-7(4-2-6-15)3-1-5-8(9)10(12,13)14/h1-6H/b4-2+. The molecule has 15 heavy (non-hydrogen) atoms. The van der Waals surface area contributed by atoms with E-state index < -0.39 is 17.6 Å². The van der Waals surface area contributed by atoms with Crippen LogP contribution in [0, 0.1) is 5.82 Å². The van der Waals surface area contributed by atoms with Crippen molar-refractivity contribution in [1.29, 1.82) is 0 Å². The van der Waals surface area contributed by atoms with Crippen molar-refractivity contribution in [3.63, 3.8) is 0 Å². The van der Waals surface area contributed by atoms with E-state index in [-0.39, 0.29) is 5.56 Å². The lowest BCUT2D eigenvalue weighted by molar-refractivity contribution is -0.140. The minimum Gasteiger partial charge on any atom is -0.299 e. The van der Waals surface area contributed by atoms with Gasteiger partial charge in [0.25, 0.3) is 0 Å². The van der Waals surface area contributed by atoms with Crippen LogP contribution in [-0.2, 0) is 11.0 Å². The third-order valence-electron chi connectivity index (χ3n) is 1.69. The van der Waals surface area contributed by atoms with Crippen LogP contribution in [0.2, 0.25) is 0 Å². The summed E-state index contributed by atoms with van der Waals surface area (Å²) in [4.78, 5) is 9.94. The molecule has 0 saturated heterocycles. The summed E-state index contributed by atoms with van der Waals surface area (Å²) in [5.74, 6) is -1.37. The van der Waals surface area contributed by atoms with Gasteiger partial charge in [0.1, 0.15) is 12.1 Å². The van der Waals surface area contributed by atoms with Gasteiger partial charge in [0.2, 0.25) is 0 Å². The molecule has 0 fully saturated rings. The van der Waals surface area contributed by atoms with Crippen LogP contribution >= 0.6 is 0 Å². The maximum Gasteiger partial charge on any atom is 0.419 e. The van der Waals surface area contributed by atoms with E-state index in [0.717, 1.165) is 24.3 Å². The minimum atomic E-state index is -4.73. The molecule has 0 unspecified atom stereocenters. The van der Waals surface area contributed by atoms with E-state index >= 15 is 0 Å². The molecule has 0 aliphatic heterocycles. The molecule has 0 atom stereocenters. The Kier molecular flexibility index (Phi) is 3.24. The third-order valence-corrected chi connectivity index (χ3v) is 1.69. The molecular formula is C10H6F4O. The van der Waals surface area contributed by atoms with Gasteiger partial charge in [-0.3, -0.25) is 4.79 Å². The number of alkyl halides is 3. The molecular weight excluding hydrogens is 212 g/mol. The van der Waals surface area contributed by atoms with Gasteiger partial charge in [-0.05, 0) is 18.2 Å². The van der Waals surface area contributed by atoms with Crippen LogP contribution in [-0.4, -0.2) is 6.29 Å². The zero-order chi connectivity index (χ0) is 11.5.